The third kappa shape index (κ3) is 2.52. The van der Waals surface area contributed by atoms with E-state index in [2.05, 4.69) is 0 Å². The number of benzene rings is 2. The summed E-state index contributed by atoms with van der Waals surface area (Å²) in [5.41, 5.74) is 1.10. The molecule has 0 aliphatic rings. The van der Waals surface area contributed by atoms with E-state index in [1.807, 2.05) is 0 Å². The lowest BCUT2D eigenvalue weighted by Gasteiger charge is -2.11. The number of hydrogen-bond donors (Lipinski definition) is 1. The quantitative estimate of drug-likeness (QED) is 0.601. The lowest BCUT2D eigenvalue weighted by molar-refractivity contribution is 0.476. The summed E-state index contributed by atoms with van der Waals surface area (Å²) in [6.07, 6.45) is 0. The lowest BCUT2D eigenvalue weighted by atomic mass is 10.1. The topological polar surface area (TPSA) is 20.2 Å². The summed E-state index contributed by atoms with van der Waals surface area (Å²) in [7, 11) is 0. The summed E-state index contributed by atoms with van der Waals surface area (Å²) in [5, 5.41) is 11.0. The number of phenols is 1. The fraction of sp³-hybridized carbons (Fsp3) is 0. The molecule has 0 aromatic heterocycles. The molecule has 94 valence electrons. The maximum Gasteiger partial charge on any atom is 0.154 e. The van der Waals surface area contributed by atoms with Gasteiger partial charge in [0.05, 0.1) is 10.0 Å². The van der Waals surface area contributed by atoms with E-state index in [4.69, 9.17) is 58.0 Å². The molecule has 0 bridgehead atoms. The number of halogens is 5. The smallest absolute Gasteiger partial charge is 0.154 e. The fourth-order valence-corrected chi connectivity index (χ4v) is 2.65. The first-order valence-electron chi connectivity index (χ1n) is 4.73. The molecular weight excluding hydrogens is 337 g/mol. The molecule has 6 heteroatoms. The first kappa shape index (κ1) is 14.1. The third-order valence-electron chi connectivity index (χ3n) is 2.35. The Labute approximate surface area is 129 Å². The Morgan fingerprint density at radius 2 is 1.39 bits per heavy atom. The van der Waals surface area contributed by atoms with Gasteiger partial charge in [0.2, 0.25) is 0 Å². The van der Waals surface area contributed by atoms with Gasteiger partial charge >= 0.3 is 0 Å². The van der Waals surface area contributed by atoms with Gasteiger partial charge in [-0.05, 0) is 18.2 Å². The maximum absolute atomic E-state index is 9.76. The zero-order valence-electron chi connectivity index (χ0n) is 8.65. The number of phenolic OH excluding ortho intramolecular Hbond substituents is 1. The van der Waals surface area contributed by atoms with Crippen LogP contribution in [0.1, 0.15) is 0 Å². The van der Waals surface area contributed by atoms with Gasteiger partial charge in [0, 0.05) is 21.2 Å². The van der Waals surface area contributed by atoms with E-state index in [0.717, 1.165) is 0 Å². The van der Waals surface area contributed by atoms with Crippen molar-refractivity contribution in [3.63, 3.8) is 0 Å². The lowest BCUT2D eigenvalue weighted by Crippen LogP contribution is -1.84. The zero-order valence-corrected chi connectivity index (χ0v) is 12.4. The van der Waals surface area contributed by atoms with Crippen molar-refractivity contribution in [2.75, 3.05) is 0 Å². The average Bonchev–Trinajstić information content (AvgIpc) is 2.32. The number of rotatable bonds is 1. The molecule has 18 heavy (non-hydrogen) atoms. The average molecular weight is 342 g/mol. The summed E-state index contributed by atoms with van der Waals surface area (Å²) in [5.74, 6) is -0.271. The van der Waals surface area contributed by atoms with Crippen molar-refractivity contribution in [2.45, 2.75) is 0 Å². The molecule has 0 radical (unpaired) electrons. The van der Waals surface area contributed by atoms with Crippen LogP contribution >= 0.6 is 58.0 Å². The van der Waals surface area contributed by atoms with Gasteiger partial charge in [-0.2, -0.15) is 0 Å². The molecule has 2 aromatic carbocycles. The fourth-order valence-electron chi connectivity index (χ4n) is 1.49. The predicted molar refractivity (Wildman–Crippen MR) is 78.6 cm³/mol. The molecule has 1 N–H and O–H groups in total. The van der Waals surface area contributed by atoms with E-state index in [0.29, 0.717) is 21.2 Å². The second kappa shape index (κ2) is 5.36. The second-order valence-corrected chi connectivity index (χ2v) is 5.51. The normalized spacial score (nSPS) is 10.7. The minimum atomic E-state index is -0.271. The van der Waals surface area contributed by atoms with Crippen molar-refractivity contribution in [2.24, 2.45) is 0 Å². The largest absolute Gasteiger partial charge is 0.505 e. The molecule has 0 saturated carbocycles. The van der Waals surface area contributed by atoms with Crippen LogP contribution in [0.25, 0.3) is 11.1 Å². The first-order valence-corrected chi connectivity index (χ1v) is 6.62. The van der Waals surface area contributed by atoms with Crippen molar-refractivity contribution in [1.29, 1.82) is 0 Å². The first-order chi connectivity index (χ1) is 8.41. The van der Waals surface area contributed by atoms with E-state index in [1.165, 1.54) is 0 Å². The third-order valence-corrected chi connectivity index (χ3v) is 4.06. The van der Waals surface area contributed by atoms with Crippen LogP contribution in [-0.2, 0) is 0 Å². The second-order valence-electron chi connectivity index (χ2n) is 3.51. The molecule has 0 amide bonds. The van der Waals surface area contributed by atoms with Crippen molar-refractivity contribution in [1.82, 2.24) is 0 Å². The van der Waals surface area contributed by atoms with Crippen LogP contribution in [0.3, 0.4) is 0 Å². The van der Waals surface area contributed by atoms with Crippen LogP contribution in [0.5, 0.6) is 5.75 Å². The monoisotopic (exact) mass is 340 g/mol. The Balaban J connectivity index is 2.72. The van der Waals surface area contributed by atoms with Crippen LogP contribution in [0.15, 0.2) is 24.3 Å². The molecule has 0 spiro atoms. The summed E-state index contributed by atoms with van der Waals surface area (Å²) >= 11 is 29.6. The predicted octanol–water partition coefficient (Wildman–Crippen LogP) is 6.33. The molecule has 1 nitrogen and oxygen atoms in total. The van der Waals surface area contributed by atoms with Gasteiger partial charge < -0.3 is 5.11 Å². The summed E-state index contributed by atoms with van der Waals surface area (Å²) in [6, 6.07) is 6.48. The highest BCUT2D eigenvalue weighted by atomic mass is 35.5. The minimum absolute atomic E-state index is 0.00972. The van der Waals surface area contributed by atoms with Gasteiger partial charge in [-0.25, -0.2) is 0 Å². The van der Waals surface area contributed by atoms with E-state index in [9.17, 15) is 5.11 Å². The van der Waals surface area contributed by atoms with E-state index in [1.54, 1.807) is 24.3 Å². The Kier molecular flexibility index (Phi) is 4.20. The van der Waals surface area contributed by atoms with Crippen LogP contribution in [0.4, 0.5) is 0 Å². The SMILES string of the molecule is Oc1c(Cl)c(Cl)cc(-c2ccc(Cl)cc2Cl)c1Cl. The van der Waals surface area contributed by atoms with E-state index >= 15 is 0 Å². The molecule has 0 saturated heterocycles. The molecule has 2 rings (SSSR count). The Bertz CT molecular complexity index is 624. The van der Waals surface area contributed by atoms with Crippen molar-refractivity contribution >= 4 is 58.0 Å². The summed E-state index contributed by atoms with van der Waals surface area (Å²) < 4.78 is 0. The van der Waals surface area contributed by atoms with Crippen LogP contribution < -0.4 is 0 Å². The summed E-state index contributed by atoms with van der Waals surface area (Å²) in [6.45, 7) is 0. The molecule has 0 aliphatic carbocycles. The van der Waals surface area contributed by atoms with Crippen LogP contribution in [0.2, 0.25) is 25.1 Å². The molecule has 2 aromatic rings. The zero-order chi connectivity index (χ0) is 13.4. The van der Waals surface area contributed by atoms with Crippen molar-refractivity contribution < 1.29 is 5.11 Å². The number of aromatic hydroxyl groups is 1. The highest BCUT2D eigenvalue weighted by Crippen LogP contribution is 2.45. The van der Waals surface area contributed by atoms with Gasteiger partial charge in [0.25, 0.3) is 0 Å². The van der Waals surface area contributed by atoms with Crippen molar-refractivity contribution in [3.8, 4) is 16.9 Å². The highest BCUT2D eigenvalue weighted by molar-refractivity contribution is 6.46. The molecule has 0 unspecified atom stereocenters. The van der Waals surface area contributed by atoms with Gasteiger partial charge in [0.15, 0.2) is 5.75 Å². The minimum Gasteiger partial charge on any atom is -0.505 e. The van der Waals surface area contributed by atoms with E-state index < -0.39 is 0 Å². The number of hydrogen-bond acceptors (Lipinski definition) is 1. The molecule has 0 heterocycles. The van der Waals surface area contributed by atoms with Gasteiger partial charge in [-0.1, -0.05) is 64.1 Å². The molecule has 0 fully saturated rings. The van der Waals surface area contributed by atoms with Gasteiger partial charge in [0.1, 0.15) is 5.02 Å². The van der Waals surface area contributed by atoms with Crippen molar-refractivity contribution in [3.05, 3.63) is 49.4 Å². The molecule has 0 aliphatic heterocycles. The Morgan fingerprint density at radius 3 is 2.00 bits per heavy atom. The highest BCUT2D eigenvalue weighted by Gasteiger charge is 2.17. The van der Waals surface area contributed by atoms with Gasteiger partial charge in [-0.15, -0.1) is 0 Å². The molecule has 0 atom stereocenters. The standard InChI is InChI=1S/C12H5Cl5O/c13-5-1-2-6(8(14)3-5)7-4-9(15)11(17)12(18)10(7)16/h1-4,18H. The van der Waals surface area contributed by atoms with Crippen LogP contribution in [-0.4, -0.2) is 5.11 Å². The van der Waals surface area contributed by atoms with E-state index in [-0.39, 0.29) is 20.8 Å². The van der Waals surface area contributed by atoms with Gasteiger partial charge in [-0.3, -0.25) is 0 Å². The van der Waals surface area contributed by atoms with Crippen LogP contribution in [0, 0.1) is 0 Å². The maximum atomic E-state index is 9.76. The Hall–Kier alpha value is -0.310. The summed E-state index contributed by atoms with van der Waals surface area (Å²) in [4.78, 5) is 0. The Morgan fingerprint density at radius 1 is 0.722 bits per heavy atom. The molecular formula is C12H5Cl5O.